The van der Waals surface area contributed by atoms with E-state index in [2.05, 4.69) is 20.4 Å². The van der Waals surface area contributed by atoms with Crippen LogP contribution >= 0.6 is 23.4 Å². The topological polar surface area (TPSA) is 81.5 Å². The number of ether oxygens (including phenoxy) is 2. The van der Waals surface area contributed by atoms with E-state index in [1.807, 2.05) is 41.0 Å². The molecule has 1 N–H and O–H groups in total. The highest BCUT2D eigenvalue weighted by Crippen LogP contribution is 2.26. The minimum Gasteiger partial charge on any atom is -0.495 e. The Morgan fingerprint density at radius 1 is 1.16 bits per heavy atom. The number of benzene rings is 2. The van der Waals surface area contributed by atoms with Crippen LogP contribution in [0.3, 0.4) is 0 Å². The van der Waals surface area contributed by atoms with E-state index < -0.39 is 0 Å². The van der Waals surface area contributed by atoms with Crippen molar-refractivity contribution in [2.45, 2.75) is 11.7 Å². The van der Waals surface area contributed by atoms with E-state index in [4.69, 9.17) is 21.1 Å². The average molecular weight is 474 g/mol. The number of rotatable bonds is 8. The molecule has 1 aliphatic rings. The Kier molecular flexibility index (Phi) is 7.64. The van der Waals surface area contributed by atoms with Gasteiger partial charge in [-0.1, -0.05) is 35.5 Å². The van der Waals surface area contributed by atoms with Crippen LogP contribution in [0.4, 0.5) is 5.69 Å². The van der Waals surface area contributed by atoms with Gasteiger partial charge in [0.05, 0.1) is 38.3 Å². The van der Waals surface area contributed by atoms with E-state index in [1.165, 1.54) is 11.8 Å². The third-order valence-corrected chi connectivity index (χ3v) is 6.15. The van der Waals surface area contributed by atoms with E-state index in [9.17, 15) is 4.79 Å². The zero-order chi connectivity index (χ0) is 22.3. The van der Waals surface area contributed by atoms with E-state index in [1.54, 1.807) is 19.2 Å². The first-order chi connectivity index (χ1) is 15.6. The first-order valence-electron chi connectivity index (χ1n) is 10.2. The lowest BCUT2D eigenvalue weighted by Gasteiger charge is -2.26. The van der Waals surface area contributed by atoms with Crippen LogP contribution in [0.2, 0.25) is 5.02 Å². The summed E-state index contributed by atoms with van der Waals surface area (Å²) >= 11 is 7.41. The molecule has 0 unspecified atom stereocenters. The van der Waals surface area contributed by atoms with Crippen LogP contribution in [0.15, 0.2) is 53.7 Å². The molecule has 2 aromatic carbocycles. The fraction of sp³-hybridized carbons (Fsp3) is 0.318. The number of hydrogen-bond donors (Lipinski definition) is 1. The van der Waals surface area contributed by atoms with Gasteiger partial charge in [0.2, 0.25) is 5.91 Å². The molecule has 0 radical (unpaired) electrons. The lowest BCUT2D eigenvalue weighted by atomic mass is 10.3. The molecular formula is C22H24ClN5O3S. The molecular weight excluding hydrogens is 450 g/mol. The SMILES string of the molecule is COc1ccccc1NC(=O)CSc1nnc(CN2CCOCC2)n1-c1ccc(Cl)cc1. The van der Waals surface area contributed by atoms with Crippen molar-refractivity contribution in [2.75, 3.05) is 44.5 Å². The fourth-order valence-electron chi connectivity index (χ4n) is 3.37. The number of nitrogens with zero attached hydrogens (tertiary/aromatic N) is 4. The van der Waals surface area contributed by atoms with E-state index in [0.29, 0.717) is 41.4 Å². The summed E-state index contributed by atoms with van der Waals surface area (Å²) in [6.45, 7) is 3.75. The van der Waals surface area contributed by atoms with Gasteiger partial charge in [0.25, 0.3) is 0 Å². The smallest absolute Gasteiger partial charge is 0.234 e. The second-order valence-corrected chi connectivity index (χ2v) is 8.52. The molecule has 1 fully saturated rings. The molecule has 3 aromatic rings. The number of thioether (sulfide) groups is 1. The molecule has 0 spiro atoms. The normalized spacial score (nSPS) is 14.3. The van der Waals surface area contributed by atoms with Gasteiger partial charge in [0, 0.05) is 23.8 Å². The predicted octanol–water partition coefficient (Wildman–Crippen LogP) is 3.49. The molecule has 2 heterocycles. The summed E-state index contributed by atoms with van der Waals surface area (Å²) in [5.74, 6) is 1.45. The molecule has 1 aliphatic heterocycles. The fourth-order valence-corrected chi connectivity index (χ4v) is 4.27. The van der Waals surface area contributed by atoms with Crippen LogP contribution in [0.5, 0.6) is 5.75 Å². The number of nitrogens with one attached hydrogen (secondary N) is 1. The van der Waals surface area contributed by atoms with Crippen LogP contribution in [0, 0.1) is 0 Å². The Morgan fingerprint density at radius 2 is 1.91 bits per heavy atom. The number of carbonyl (C=O) groups is 1. The van der Waals surface area contributed by atoms with Gasteiger partial charge < -0.3 is 14.8 Å². The molecule has 1 aromatic heterocycles. The summed E-state index contributed by atoms with van der Waals surface area (Å²) < 4.78 is 12.7. The number of methoxy groups -OCH3 is 1. The minimum absolute atomic E-state index is 0.153. The van der Waals surface area contributed by atoms with Crippen molar-refractivity contribution in [1.82, 2.24) is 19.7 Å². The number of amides is 1. The maximum Gasteiger partial charge on any atom is 0.234 e. The van der Waals surface area contributed by atoms with Crippen LogP contribution in [0.1, 0.15) is 5.82 Å². The zero-order valence-electron chi connectivity index (χ0n) is 17.7. The number of hydrogen-bond acceptors (Lipinski definition) is 7. The van der Waals surface area contributed by atoms with Crippen molar-refractivity contribution >= 4 is 35.0 Å². The second-order valence-electron chi connectivity index (χ2n) is 7.14. The summed E-state index contributed by atoms with van der Waals surface area (Å²) in [5, 5.41) is 13.0. The minimum atomic E-state index is -0.153. The summed E-state index contributed by atoms with van der Waals surface area (Å²) in [4.78, 5) is 14.9. The van der Waals surface area contributed by atoms with E-state index in [-0.39, 0.29) is 11.7 Å². The number of carbonyl (C=O) groups excluding carboxylic acids is 1. The number of anilines is 1. The summed E-state index contributed by atoms with van der Waals surface area (Å²) in [6, 6.07) is 14.8. The highest BCUT2D eigenvalue weighted by atomic mass is 35.5. The van der Waals surface area contributed by atoms with Gasteiger partial charge in [-0.25, -0.2) is 0 Å². The maximum atomic E-state index is 12.6. The van der Waals surface area contributed by atoms with Gasteiger partial charge in [0.1, 0.15) is 5.75 Å². The van der Waals surface area contributed by atoms with Crippen LogP contribution in [-0.2, 0) is 16.1 Å². The van der Waals surface area contributed by atoms with Gasteiger partial charge in [-0.05, 0) is 36.4 Å². The monoisotopic (exact) mass is 473 g/mol. The highest BCUT2D eigenvalue weighted by Gasteiger charge is 2.20. The van der Waals surface area contributed by atoms with Crippen molar-refractivity contribution in [2.24, 2.45) is 0 Å². The molecule has 0 aliphatic carbocycles. The van der Waals surface area contributed by atoms with Crippen LogP contribution in [-0.4, -0.2) is 64.7 Å². The Labute approximate surface area is 195 Å². The number of morpholine rings is 1. The first-order valence-corrected chi connectivity index (χ1v) is 11.6. The molecule has 32 heavy (non-hydrogen) atoms. The highest BCUT2D eigenvalue weighted by molar-refractivity contribution is 7.99. The lowest BCUT2D eigenvalue weighted by Crippen LogP contribution is -2.36. The number of para-hydroxylation sites is 2. The van der Waals surface area contributed by atoms with Gasteiger partial charge in [-0.15, -0.1) is 10.2 Å². The largest absolute Gasteiger partial charge is 0.495 e. The summed E-state index contributed by atoms with van der Waals surface area (Å²) in [6.07, 6.45) is 0. The van der Waals surface area contributed by atoms with Gasteiger partial charge in [0.15, 0.2) is 11.0 Å². The zero-order valence-corrected chi connectivity index (χ0v) is 19.2. The third-order valence-electron chi connectivity index (χ3n) is 4.97. The molecule has 0 atom stereocenters. The molecule has 168 valence electrons. The van der Waals surface area contributed by atoms with Crippen molar-refractivity contribution < 1.29 is 14.3 Å². The molecule has 0 saturated carbocycles. The maximum absolute atomic E-state index is 12.6. The Hall–Kier alpha value is -2.59. The van der Waals surface area contributed by atoms with E-state index in [0.717, 1.165) is 24.6 Å². The number of aromatic nitrogens is 3. The molecule has 10 heteroatoms. The quantitative estimate of drug-likeness (QED) is 0.501. The summed E-state index contributed by atoms with van der Waals surface area (Å²) in [5.41, 5.74) is 1.53. The Balaban J connectivity index is 1.51. The molecule has 1 amide bonds. The molecule has 4 rings (SSSR count). The third kappa shape index (κ3) is 5.60. The number of halogens is 1. The predicted molar refractivity (Wildman–Crippen MR) is 125 cm³/mol. The van der Waals surface area contributed by atoms with E-state index >= 15 is 0 Å². The Morgan fingerprint density at radius 3 is 2.66 bits per heavy atom. The van der Waals surface area contributed by atoms with Gasteiger partial charge in [-0.2, -0.15) is 0 Å². The second kappa shape index (κ2) is 10.8. The van der Waals surface area contributed by atoms with Gasteiger partial charge in [-0.3, -0.25) is 14.3 Å². The van der Waals surface area contributed by atoms with Crippen LogP contribution in [0.25, 0.3) is 5.69 Å². The average Bonchev–Trinajstić information content (AvgIpc) is 3.21. The molecule has 1 saturated heterocycles. The van der Waals surface area contributed by atoms with Crippen LogP contribution < -0.4 is 10.1 Å². The van der Waals surface area contributed by atoms with Crippen molar-refractivity contribution in [3.63, 3.8) is 0 Å². The summed E-state index contributed by atoms with van der Waals surface area (Å²) in [7, 11) is 1.57. The standard InChI is InChI=1S/C22H24ClN5O3S/c1-30-19-5-3-2-4-18(19)24-21(29)15-32-22-26-25-20(14-27-10-12-31-13-11-27)28(22)17-8-6-16(23)7-9-17/h2-9H,10-15H2,1H3,(H,24,29). The van der Waals surface area contributed by atoms with Crippen molar-refractivity contribution in [3.8, 4) is 11.4 Å². The first kappa shape index (κ1) is 22.6. The van der Waals surface area contributed by atoms with Crippen molar-refractivity contribution in [1.29, 1.82) is 0 Å². The molecule has 8 nitrogen and oxygen atoms in total. The molecule has 0 bridgehead atoms. The Bertz CT molecular complexity index is 1050. The van der Waals surface area contributed by atoms with Gasteiger partial charge >= 0.3 is 0 Å². The lowest BCUT2D eigenvalue weighted by molar-refractivity contribution is -0.113. The van der Waals surface area contributed by atoms with Crippen molar-refractivity contribution in [3.05, 3.63) is 59.4 Å².